The second-order valence-electron chi connectivity index (χ2n) is 6.04. The lowest BCUT2D eigenvalue weighted by Gasteiger charge is -2.08. The van der Waals surface area contributed by atoms with E-state index in [-0.39, 0.29) is 30.4 Å². The maximum absolute atomic E-state index is 12.3. The van der Waals surface area contributed by atoms with Crippen molar-refractivity contribution >= 4 is 17.5 Å². The lowest BCUT2D eigenvalue weighted by atomic mass is 10.1. The molecule has 3 aromatic rings. The fourth-order valence-corrected chi connectivity index (χ4v) is 2.73. The Kier molecular flexibility index (Phi) is 5.43. The molecule has 0 aliphatic rings. The number of nitrogens with two attached hydrogens (primary N) is 1. The Balaban J connectivity index is 1.79. The van der Waals surface area contributed by atoms with Gasteiger partial charge in [-0.15, -0.1) is 0 Å². The smallest absolute Gasteiger partial charge is 0.331 e. The summed E-state index contributed by atoms with van der Waals surface area (Å²) in [6.45, 7) is -0.283. The molecule has 1 amide bonds. The molecule has 28 heavy (non-hydrogen) atoms. The van der Waals surface area contributed by atoms with Crippen LogP contribution in [0.3, 0.4) is 0 Å². The molecule has 0 spiro atoms. The maximum atomic E-state index is 12.3. The first-order valence-electron chi connectivity index (χ1n) is 8.12. The number of hydrogen-bond donors (Lipinski definition) is 2. The molecule has 1 unspecified atom stereocenters. The highest BCUT2D eigenvalue weighted by Crippen LogP contribution is 2.19. The van der Waals surface area contributed by atoms with E-state index in [4.69, 9.17) is 21.9 Å². The van der Waals surface area contributed by atoms with Gasteiger partial charge >= 0.3 is 5.69 Å². The van der Waals surface area contributed by atoms with Gasteiger partial charge in [-0.3, -0.25) is 18.7 Å². The van der Waals surface area contributed by atoms with Crippen LogP contribution in [0, 0.1) is 0 Å². The zero-order valence-corrected chi connectivity index (χ0v) is 15.5. The average Bonchev–Trinajstić information content (AvgIpc) is 3.09. The van der Waals surface area contributed by atoms with E-state index in [2.05, 4.69) is 10.1 Å². The molecule has 0 fully saturated rings. The fraction of sp³-hybridized carbons (Fsp3) is 0.235. The lowest BCUT2D eigenvalue weighted by Crippen LogP contribution is -2.42. The van der Waals surface area contributed by atoms with Gasteiger partial charge in [0.25, 0.3) is 11.5 Å². The molecule has 0 saturated heterocycles. The molecule has 10 nitrogen and oxygen atoms in total. The number of aromatic nitrogens is 4. The van der Waals surface area contributed by atoms with Gasteiger partial charge in [-0.2, -0.15) is 4.98 Å². The Bertz CT molecular complexity index is 1130. The van der Waals surface area contributed by atoms with Crippen LogP contribution in [0.2, 0.25) is 5.02 Å². The molecule has 0 aliphatic heterocycles. The van der Waals surface area contributed by atoms with Gasteiger partial charge in [0.15, 0.2) is 5.82 Å². The first kappa shape index (κ1) is 19.5. The largest absolute Gasteiger partial charge is 0.388 e. The first-order valence-corrected chi connectivity index (χ1v) is 8.49. The average molecular weight is 406 g/mol. The highest BCUT2D eigenvalue weighted by atomic mass is 35.5. The highest BCUT2D eigenvalue weighted by molar-refractivity contribution is 6.30. The quantitative estimate of drug-likeness (QED) is 0.587. The van der Waals surface area contributed by atoms with Crippen molar-refractivity contribution < 1.29 is 14.4 Å². The minimum Gasteiger partial charge on any atom is -0.388 e. The highest BCUT2D eigenvalue weighted by Gasteiger charge is 2.17. The number of nitrogens with zero attached hydrogens (tertiary/aromatic N) is 4. The van der Waals surface area contributed by atoms with Gasteiger partial charge in [0.2, 0.25) is 5.89 Å². The number of benzene rings is 1. The van der Waals surface area contributed by atoms with Crippen molar-refractivity contribution in [2.45, 2.75) is 19.1 Å². The molecular formula is C17H16ClN5O5. The Hall–Kier alpha value is -3.24. The molecule has 0 aliphatic carbocycles. The van der Waals surface area contributed by atoms with E-state index in [0.29, 0.717) is 10.6 Å². The van der Waals surface area contributed by atoms with E-state index < -0.39 is 23.3 Å². The Morgan fingerprint density at radius 2 is 2.00 bits per heavy atom. The molecule has 3 rings (SSSR count). The molecule has 0 saturated carbocycles. The fourth-order valence-electron chi connectivity index (χ4n) is 2.60. The topological polar surface area (TPSA) is 146 Å². The van der Waals surface area contributed by atoms with E-state index >= 15 is 0 Å². The van der Waals surface area contributed by atoms with Gasteiger partial charge in [-0.05, 0) is 17.7 Å². The number of rotatable bonds is 6. The maximum Gasteiger partial charge on any atom is 0.331 e. The van der Waals surface area contributed by atoms with Crippen molar-refractivity contribution in [2.75, 3.05) is 0 Å². The number of carbonyl (C=O) groups is 1. The summed E-state index contributed by atoms with van der Waals surface area (Å²) < 4.78 is 6.86. The Labute approximate surface area is 162 Å². The number of primary amides is 1. The van der Waals surface area contributed by atoms with Crippen LogP contribution in [-0.2, 0) is 20.0 Å². The van der Waals surface area contributed by atoms with Gasteiger partial charge < -0.3 is 15.4 Å². The second kappa shape index (κ2) is 7.79. The van der Waals surface area contributed by atoms with Crippen LogP contribution in [0.4, 0.5) is 0 Å². The number of aliphatic hydroxyl groups is 1. The van der Waals surface area contributed by atoms with Crippen molar-refractivity contribution in [1.82, 2.24) is 19.3 Å². The number of carbonyl (C=O) groups excluding carboxylic acids is 1. The lowest BCUT2D eigenvalue weighted by molar-refractivity contribution is 0.0990. The first-order chi connectivity index (χ1) is 13.3. The van der Waals surface area contributed by atoms with Crippen LogP contribution >= 0.6 is 11.6 Å². The summed E-state index contributed by atoms with van der Waals surface area (Å²) in [5.41, 5.74) is 4.09. The predicted molar refractivity (Wildman–Crippen MR) is 98.0 cm³/mol. The van der Waals surface area contributed by atoms with E-state index in [9.17, 15) is 19.5 Å². The van der Waals surface area contributed by atoms with E-state index in [1.54, 1.807) is 24.3 Å². The summed E-state index contributed by atoms with van der Waals surface area (Å²) in [7, 11) is 1.32. The van der Waals surface area contributed by atoms with Crippen LogP contribution < -0.4 is 17.0 Å². The third-order valence-corrected chi connectivity index (χ3v) is 4.34. The van der Waals surface area contributed by atoms with E-state index in [1.165, 1.54) is 7.05 Å². The van der Waals surface area contributed by atoms with Gasteiger partial charge in [0.1, 0.15) is 12.2 Å². The monoisotopic (exact) mass is 405 g/mol. The number of amides is 1. The minimum absolute atomic E-state index is 0.00401. The molecule has 11 heteroatoms. The summed E-state index contributed by atoms with van der Waals surface area (Å²) in [6.07, 6.45) is -0.813. The van der Waals surface area contributed by atoms with Crippen LogP contribution in [0.5, 0.6) is 0 Å². The van der Waals surface area contributed by atoms with Crippen molar-refractivity contribution in [3.8, 4) is 0 Å². The van der Waals surface area contributed by atoms with Gasteiger partial charge in [0, 0.05) is 24.6 Å². The standard InChI is InChI=1S/C17H16ClN5O5/c1-22-11(16(19)26)6-15(25)23(17(22)27)8-14-20-13(21-28-14)7-12(24)9-2-4-10(18)5-3-9/h2-6,12,24H,7-8H2,1H3,(H2,19,26). The van der Waals surface area contributed by atoms with Crippen LogP contribution in [0.15, 0.2) is 44.4 Å². The van der Waals surface area contributed by atoms with Gasteiger partial charge in [-0.25, -0.2) is 4.79 Å². The van der Waals surface area contributed by atoms with Gasteiger partial charge in [0.05, 0.1) is 6.10 Å². The summed E-state index contributed by atoms with van der Waals surface area (Å²) in [5, 5.41) is 14.6. The second-order valence-corrected chi connectivity index (χ2v) is 6.47. The minimum atomic E-state index is -0.889. The van der Waals surface area contributed by atoms with Crippen LogP contribution in [0.25, 0.3) is 0 Å². The molecule has 0 bridgehead atoms. The number of aliphatic hydroxyl groups excluding tert-OH is 1. The number of hydrogen-bond acceptors (Lipinski definition) is 7. The molecule has 146 valence electrons. The van der Waals surface area contributed by atoms with Crippen LogP contribution in [0.1, 0.15) is 33.9 Å². The van der Waals surface area contributed by atoms with E-state index in [1.807, 2.05) is 0 Å². The van der Waals surface area contributed by atoms with E-state index in [0.717, 1.165) is 15.2 Å². The summed E-state index contributed by atoms with van der Waals surface area (Å²) in [4.78, 5) is 39.8. The third kappa shape index (κ3) is 4.02. The van der Waals surface area contributed by atoms with Crippen molar-refractivity contribution in [3.05, 3.63) is 79.2 Å². The molecule has 2 aromatic heterocycles. The molecule has 1 atom stereocenters. The molecule has 3 N–H and O–H groups in total. The SMILES string of the molecule is Cn1c(C(N)=O)cc(=O)n(Cc2nc(CC(O)c3ccc(Cl)cc3)no2)c1=O. The number of halogens is 1. The zero-order valence-electron chi connectivity index (χ0n) is 14.7. The molecule has 0 radical (unpaired) electrons. The Morgan fingerprint density at radius 1 is 1.32 bits per heavy atom. The van der Waals surface area contributed by atoms with Crippen LogP contribution in [-0.4, -0.2) is 30.3 Å². The van der Waals surface area contributed by atoms with Crippen molar-refractivity contribution in [1.29, 1.82) is 0 Å². The summed E-state index contributed by atoms with van der Waals surface area (Å²) in [5.74, 6) is -0.680. The molecule has 1 aromatic carbocycles. The summed E-state index contributed by atoms with van der Waals surface area (Å²) in [6, 6.07) is 7.62. The molecule has 2 heterocycles. The normalized spacial score (nSPS) is 12.1. The van der Waals surface area contributed by atoms with Gasteiger partial charge in [-0.1, -0.05) is 28.9 Å². The third-order valence-electron chi connectivity index (χ3n) is 4.09. The van der Waals surface area contributed by atoms with Crippen molar-refractivity contribution in [2.24, 2.45) is 12.8 Å². The molecular weight excluding hydrogens is 390 g/mol. The Morgan fingerprint density at radius 3 is 2.64 bits per heavy atom. The predicted octanol–water partition coefficient (Wildman–Crippen LogP) is 0.00670. The zero-order chi connectivity index (χ0) is 20.4. The summed E-state index contributed by atoms with van der Waals surface area (Å²) >= 11 is 5.82. The van der Waals surface area contributed by atoms with Crippen molar-refractivity contribution in [3.63, 3.8) is 0 Å².